The third kappa shape index (κ3) is 2.54. The van der Waals surface area contributed by atoms with Crippen LogP contribution in [0.2, 0.25) is 0 Å². The molecule has 0 unspecified atom stereocenters. The van der Waals surface area contributed by atoms with Crippen molar-refractivity contribution in [3.05, 3.63) is 16.3 Å². The summed E-state index contributed by atoms with van der Waals surface area (Å²) < 4.78 is 0. The van der Waals surface area contributed by atoms with Crippen molar-refractivity contribution in [3.8, 4) is 0 Å². The number of carbonyl (C=O) groups excluding carboxylic acids is 1. The normalized spacial score (nSPS) is 19.3. The summed E-state index contributed by atoms with van der Waals surface area (Å²) in [4.78, 5) is 13.9. The first kappa shape index (κ1) is 12.6. The second-order valence-corrected chi connectivity index (χ2v) is 5.96. The predicted molar refractivity (Wildman–Crippen MR) is 74.2 cm³/mol. The maximum atomic E-state index is 10.7. The van der Waals surface area contributed by atoms with Crippen LogP contribution in [0, 0.1) is 5.41 Å². The van der Waals surface area contributed by atoms with Crippen molar-refractivity contribution in [2.75, 3.05) is 18.0 Å². The van der Waals surface area contributed by atoms with Gasteiger partial charge in [0.25, 0.3) is 0 Å². The van der Waals surface area contributed by atoms with E-state index in [1.165, 1.54) is 31.4 Å². The van der Waals surface area contributed by atoms with E-state index in [1.807, 2.05) is 6.07 Å². The fourth-order valence-corrected chi connectivity index (χ4v) is 3.48. The molecule has 0 bridgehead atoms. The molecule has 1 fully saturated rings. The SMILES string of the molecule is CCC1(CC)CCN(c2csc(C=O)c2)CC1. The number of carbonyl (C=O) groups is 1. The average Bonchev–Trinajstić information content (AvgIpc) is 2.87. The number of nitrogens with zero attached hydrogens (tertiary/aromatic N) is 1. The van der Waals surface area contributed by atoms with Gasteiger partial charge in [-0.1, -0.05) is 26.7 Å². The molecule has 1 aliphatic rings. The molecule has 1 aromatic rings. The van der Waals surface area contributed by atoms with Gasteiger partial charge in [0.2, 0.25) is 0 Å². The van der Waals surface area contributed by atoms with E-state index in [0.717, 1.165) is 24.3 Å². The van der Waals surface area contributed by atoms with Gasteiger partial charge in [0.15, 0.2) is 6.29 Å². The Morgan fingerprint density at radius 3 is 2.47 bits per heavy atom. The van der Waals surface area contributed by atoms with Crippen molar-refractivity contribution in [2.24, 2.45) is 5.41 Å². The van der Waals surface area contributed by atoms with E-state index in [1.54, 1.807) is 11.3 Å². The van der Waals surface area contributed by atoms with E-state index >= 15 is 0 Å². The van der Waals surface area contributed by atoms with E-state index in [2.05, 4.69) is 24.1 Å². The first-order chi connectivity index (χ1) is 8.23. The number of aldehydes is 1. The second kappa shape index (κ2) is 5.21. The molecule has 0 aliphatic carbocycles. The van der Waals surface area contributed by atoms with Crippen molar-refractivity contribution in [1.29, 1.82) is 0 Å². The molecule has 0 spiro atoms. The first-order valence-electron chi connectivity index (χ1n) is 6.51. The van der Waals surface area contributed by atoms with E-state index in [9.17, 15) is 4.79 Å². The summed E-state index contributed by atoms with van der Waals surface area (Å²) in [5.74, 6) is 0. The van der Waals surface area contributed by atoms with Gasteiger partial charge in [0.05, 0.1) is 4.88 Å². The standard InChI is InChI=1S/C14H21NOS/c1-3-14(4-2)5-7-15(8-6-14)12-9-13(10-16)17-11-12/h9-11H,3-8H2,1-2H3. The van der Waals surface area contributed by atoms with Gasteiger partial charge in [0, 0.05) is 24.2 Å². The lowest BCUT2D eigenvalue weighted by atomic mass is 9.74. The Morgan fingerprint density at radius 1 is 1.35 bits per heavy atom. The van der Waals surface area contributed by atoms with Crippen molar-refractivity contribution < 1.29 is 4.79 Å². The average molecular weight is 251 g/mol. The van der Waals surface area contributed by atoms with E-state index in [0.29, 0.717) is 5.41 Å². The van der Waals surface area contributed by atoms with Gasteiger partial charge in [0.1, 0.15) is 0 Å². The summed E-state index contributed by atoms with van der Waals surface area (Å²) in [6.45, 7) is 6.90. The molecule has 0 saturated carbocycles. The molecule has 0 atom stereocenters. The topological polar surface area (TPSA) is 20.3 Å². The van der Waals surface area contributed by atoms with Crippen LogP contribution in [-0.4, -0.2) is 19.4 Å². The summed E-state index contributed by atoms with van der Waals surface area (Å²) in [7, 11) is 0. The van der Waals surface area contributed by atoms with Gasteiger partial charge in [-0.3, -0.25) is 4.79 Å². The van der Waals surface area contributed by atoms with Gasteiger partial charge in [-0.2, -0.15) is 0 Å². The van der Waals surface area contributed by atoms with Crippen LogP contribution < -0.4 is 4.90 Å². The van der Waals surface area contributed by atoms with Crippen molar-refractivity contribution in [3.63, 3.8) is 0 Å². The Kier molecular flexibility index (Phi) is 3.87. The highest BCUT2D eigenvalue weighted by atomic mass is 32.1. The Balaban J connectivity index is 2.01. The maximum Gasteiger partial charge on any atom is 0.160 e. The summed E-state index contributed by atoms with van der Waals surface area (Å²) in [6, 6.07) is 2.02. The Labute approximate surface area is 108 Å². The fraction of sp³-hybridized carbons (Fsp3) is 0.643. The largest absolute Gasteiger partial charge is 0.371 e. The molecular formula is C14H21NOS. The van der Waals surface area contributed by atoms with Crippen LogP contribution >= 0.6 is 11.3 Å². The number of piperidine rings is 1. The minimum Gasteiger partial charge on any atom is -0.371 e. The molecule has 2 heterocycles. The van der Waals surface area contributed by atoms with Crippen molar-refractivity contribution in [1.82, 2.24) is 0 Å². The molecule has 0 radical (unpaired) electrons. The minimum absolute atomic E-state index is 0.569. The lowest BCUT2D eigenvalue weighted by Crippen LogP contribution is -2.39. The Morgan fingerprint density at radius 2 is 2.00 bits per heavy atom. The van der Waals surface area contributed by atoms with E-state index in [4.69, 9.17) is 0 Å². The highest BCUT2D eigenvalue weighted by Gasteiger charge is 2.31. The van der Waals surface area contributed by atoms with Gasteiger partial charge in [-0.25, -0.2) is 0 Å². The third-order valence-electron chi connectivity index (χ3n) is 4.41. The van der Waals surface area contributed by atoms with Crippen LogP contribution in [0.25, 0.3) is 0 Å². The molecule has 94 valence electrons. The number of hydrogen-bond donors (Lipinski definition) is 0. The highest BCUT2D eigenvalue weighted by Crippen LogP contribution is 2.39. The molecule has 0 amide bonds. The van der Waals surface area contributed by atoms with Gasteiger partial charge >= 0.3 is 0 Å². The first-order valence-corrected chi connectivity index (χ1v) is 7.39. The van der Waals surface area contributed by atoms with Crippen molar-refractivity contribution in [2.45, 2.75) is 39.5 Å². The molecule has 0 N–H and O–H groups in total. The second-order valence-electron chi connectivity index (χ2n) is 5.02. The number of hydrogen-bond acceptors (Lipinski definition) is 3. The zero-order valence-electron chi connectivity index (χ0n) is 10.7. The Hall–Kier alpha value is -0.830. The lowest BCUT2D eigenvalue weighted by molar-refractivity contribution is 0.112. The quantitative estimate of drug-likeness (QED) is 0.755. The van der Waals surface area contributed by atoms with Gasteiger partial charge in [-0.15, -0.1) is 11.3 Å². The molecule has 1 saturated heterocycles. The monoisotopic (exact) mass is 251 g/mol. The highest BCUT2D eigenvalue weighted by molar-refractivity contribution is 7.12. The molecule has 2 nitrogen and oxygen atoms in total. The van der Waals surface area contributed by atoms with Gasteiger partial charge in [-0.05, 0) is 24.3 Å². The summed E-state index contributed by atoms with van der Waals surface area (Å²) in [5.41, 5.74) is 1.80. The summed E-state index contributed by atoms with van der Waals surface area (Å²) >= 11 is 1.54. The van der Waals surface area contributed by atoms with Gasteiger partial charge < -0.3 is 4.90 Å². The molecule has 1 aliphatic heterocycles. The molecule has 17 heavy (non-hydrogen) atoms. The third-order valence-corrected chi connectivity index (χ3v) is 5.26. The number of rotatable bonds is 4. The van der Waals surface area contributed by atoms with Crippen LogP contribution in [0.3, 0.4) is 0 Å². The van der Waals surface area contributed by atoms with E-state index in [-0.39, 0.29) is 0 Å². The molecule has 3 heteroatoms. The lowest BCUT2D eigenvalue weighted by Gasteiger charge is -2.41. The molecule has 0 aromatic carbocycles. The molecular weight excluding hydrogens is 230 g/mol. The Bertz CT molecular complexity index is 371. The number of thiophene rings is 1. The van der Waals surface area contributed by atoms with Crippen molar-refractivity contribution >= 4 is 23.3 Å². The van der Waals surface area contributed by atoms with Crippen LogP contribution in [0.5, 0.6) is 0 Å². The fourth-order valence-electron chi connectivity index (χ4n) is 2.77. The minimum atomic E-state index is 0.569. The van der Waals surface area contributed by atoms with Crippen LogP contribution in [0.1, 0.15) is 49.2 Å². The van der Waals surface area contributed by atoms with Crippen LogP contribution in [0.4, 0.5) is 5.69 Å². The zero-order chi connectivity index (χ0) is 12.3. The molecule has 2 rings (SSSR count). The summed E-state index contributed by atoms with van der Waals surface area (Å²) in [6.07, 6.45) is 6.10. The maximum absolute atomic E-state index is 10.7. The summed E-state index contributed by atoms with van der Waals surface area (Å²) in [5, 5.41) is 2.11. The van der Waals surface area contributed by atoms with Crippen LogP contribution in [-0.2, 0) is 0 Å². The zero-order valence-corrected chi connectivity index (χ0v) is 11.6. The molecule has 1 aromatic heterocycles. The van der Waals surface area contributed by atoms with Crippen LogP contribution in [0.15, 0.2) is 11.4 Å². The number of anilines is 1. The smallest absolute Gasteiger partial charge is 0.160 e. The predicted octanol–water partition coefficient (Wildman–Crippen LogP) is 3.97. The van der Waals surface area contributed by atoms with E-state index < -0.39 is 0 Å².